The lowest BCUT2D eigenvalue weighted by Gasteiger charge is -2.54. The number of aryl methyl sites for hydroxylation is 2. The molecule has 41 heavy (non-hydrogen) atoms. The Hall–Kier alpha value is -4.18. The van der Waals surface area contributed by atoms with Gasteiger partial charge in [-0.15, -0.1) is 0 Å². The second kappa shape index (κ2) is 9.44. The third kappa shape index (κ3) is 4.11. The maximum absolute atomic E-state index is 4.99. The summed E-state index contributed by atoms with van der Waals surface area (Å²) in [5, 5.41) is 7.26. The maximum Gasteiger partial charge on any atom is 0.0670 e. The van der Waals surface area contributed by atoms with Gasteiger partial charge in [-0.1, -0.05) is 84.0 Å². The molecule has 0 saturated heterocycles. The van der Waals surface area contributed by atoms with Crippen molar-refractivity contribution in [3.63, 3.8) is 0 Å². The van der Waals surface area contributed by atoms with Gasteiger partial charge >= 0.3 is 0 Å². The minimum atomic E-state index is -0.342. The first-order valence-corrected chi connectivity index (χ1v) is 14.5. The van der Waals surface area contributed by atoms with Crippen molar-refractivity contribution in [1.29, 1.82) is 0 Å². The van der Waals surface area contributed by atoms with Gasteiger partial charge in [-0.05, 0) is 78.8 Å². The first-order chi connectivity index (χ1) is 19.4. The van der Waals surface area contributed by atoms with E-state index in [4.69, 9.17) is 10.1 Å². The normalized spacial score (nSPS) is 12.9. The molecule has 0 saturated carbocycles. The summed E-state index contributed by atoms with van der Waals surface area (Å²) in [6, 6.07) is 33.0. The zero-order chi connectivity index (χ0) is 29.2. The fourth-order valence-corrected chi connectivity index (χ4v) is 7.63. The Kier molecular flexibility index (Phi) is 6.22. The van der Waals surface area contributed by atoms with Crippen LogP contribution in [0.25, 0.3) is 33.2 Å². The molecule has 208 valence electrons. The summed E-state index contributed by atoms with van der Waals surface area (Å²) in [5.74, 6) is 0. The van der Waals surface area contributed by atoms with Crippen LogP contribution in [0.15, 0.2) is 97.2 Å². The fraction of sp³-hybridized carbons (Fsp3) is 0.297. The van der Waals surface area contributed by atoms with Gasteiger partial charge in [-0.3, -0.25) is 4.98 Å². The van der Waals surface area contributed by atoms with E-state index in [0.29, 0.717) is 0 Å². The number of aromatic nitrogens is 4. The summed E-state index contributed by atoms with van der Waals surface area (Å²) < 4.78 is 4.45. The van der Waals surface area contributed by atoms with E-state index in [9.17, 15) is 0 Å². The van der Waals surface area contributed by atoms with Gasteiger partial charge in [0, 0.05) is 33.8 Å². The highest BCUT2D eigenvalue weighted by atomic mass is 15.3. The molecule has 0 radical (unpaired) electrons. The predicted octanol–water partition coefficient (Wildman–Crippen LogP) is 9.36. The zero-order valence-electron chi connectivity index (χ0n) is 25.5. The first kappa shape index (κ1) is 27.0. The van der Waals surface area contributed by atoms with E-state index >= 15 is 0 Å². The molecule has 0 spiro atoms. The summed E-state index contributed by atoms with van der Waals surface area (Å²) >= 11 is 0. The van der Waals surface area contributed by atoms with Crippen LogP contribution in [0.3, 0.4) is 0 Å². The largest absolute Gasteiger partial charge is 0.309 e. The Morgan fingerprint density at radius 2 is 1.32 bits per heavy atom. The average molecular weight is 541 g/mol. The number of fused-ring (bicyclic) bond motifs is 3. The molecule has 0 unspecified atom stereocenters. The van der Waals surface area contributed by atoms with Crippen molar-refractivity contribution in [2.75, 3.05) is 0 Å². The molecule has 0 fully saturated rings. The molecule has 6 aromatic rings. The van der Waals surface area contributed by atoms with Gasteiger partial charge < -0.3 is 4.57 Å². The Balaban J connectivity index is 1.66. The molecule has 0 aliphatic rings. The molecule has 3 aromatic heterocycles. The van der Waals surface area contributed by atoms with Crippen molar-refractivity contribution in [2.45, 2.75) is 60.8 Å². The quantitative estimate of drug-likeness (QED) is 0.223. The Morgan fingerprint density at radius 3 is 1.98 bits per heavy atom. The van der Waals surface area contributed by atoms with Crippen LogP contribution in [0.2, 0.25) is 0 Å². The molecule has 4 nitrogen and oxygen atoms in total. The number of hydrogen-bond acceptors (Lipinski definition) is 2. The Bertz CT molecular complexity index is 1860. The van der Waals surface area contributed by atoms with E-state index < -0.39 is 0 Å². The van der Waals surface area contributed by atoms with Crippen molar-refractivity contribution in [2.24, 2.45) is 10.8 Å². The van der Waals surface area contributed by atoms with Gasteiger partial charge in [0.05, 0.1) is 28.1 Å². The highest BCUT2D eigenvalue weighted by Gasteiger charge is 2.54. The number of hydrogen-bond donors (Lipinski definition) is 0. The van der Waals surface area contributed by atoms with Crippen LogP contribution in [-0.2, 0) is 5.41 Å². The van der Waals surface area contributed by atoms with Gasteiger partial charge in [0.2, 0.25) is 0 Å². The van der Waals surface area contributed by atoms with Gasteiger partial charge in [-0.25, -0.2) is 4.68 Å². The molecule has 0 N–H and O–H groups in total. The van der Waals surface area contributed by atoms with Gasteiger partial charge in [-0.2, -0.15) is 5.10 Å². The van der Waals surface area contributed by atoms with E-state index in [1.54, 1.807) is 0 Å². The lowest BCUT2D eigenvalue weighted by Crippen LogP contribution is -2.51. The van der Waals surface area contributed by atoms with Crippen molar-refractivity contribution in [3.8, 4) is 11.4 Å². The molecular formula is C37H40N4. The molecule has 0 aliphatic heterocycles. The second-order valence-electron chi connectivity index (χ2n) is 13.4. The summed E-state index contributed by atoms with van der Waals surface area (Å²) in [5.41, 5.74) is 8.54. The third-order valence-electron chi connectivity index (χ3n) is 8.75. The SMILES string of the molecule is Cc1cc(C)n(-c2ccc3c4ccccc4n(-c4cccc(C(c5ccccn5)(C(C)(C)C)C(C)(C)C)c4)c3c2)n1. The summed E-state index contributed by atoms with van der Waals surface area (Å²) in [6.07, 6.45) is 1.93. The Morgan fingerprint density at radius 1 is 0.610 bits per heavy atom. The smallest absolute Gasteiger partial charge is 0.0670 e. The molecule has 0 atom stereocenters. The molecule has 4 heteroatoms. The van der Waals surface area contributed by atoms with Crippen LogP contribution in [0.4, 0.5) is 0 Å². The standard InChI is InChI=1S/C37H40N4/c1-25-22-26(2)41(39-25)29-19-20-31-30-16-9-10-17-32(30)40(33(31)24-29)28-15-13-14-27(23-28)37(35(3,4)5,36(6,7)8)34-18-11-12-21-38-34/h9-24H,1-8H3. The topological polar surface area (TPSA) is 35.6 Å². The van der Waals surface area contributed by atoms with E-state index in [1.165, 1.54) is 27.4 Å². The minimum Gasteiger partial charge on any atom is -0.309 e. The van der Waals surface area contributed by atoms with Crippen molar-refractivity contribution >= 4 is 21.8 Å². The first-order valence-electron chi connectivity index (χ1n) is 14.5. The molecule has 0 amide bonds. The molecular weight excluding hydrogens is 500 g/mol. The van der Waals surface area contributed by atoms with Crippen LogP contribution in [0.1, 0.15) is 64.2 Å². The van der Waals surface area contributed by atoms with E-state index in [-0.39, 0.29) is 16.2 Å². The molecule has 0 bridgehead atoms. The number of nitrogens with zero attached hydrogens (tertiary/aromatic N) is 4. The highest BCUT2D eigenvalue weighted by molar-refractivity contribution is 6.09. The molecule has 3 aromatic carbocycles. The van der Waals surface area contributed by atoms with E-state index in [2.05, 4.69) is 138 Å². The van der Waals surface area contributed by atoms with Crippen LogP contribution in [0.5, 0.6) is 0 Å². The van der Waals surface area contributed by atoms with Crippen molar-refractivity contribution < 1.29 is 0 Å². The summed E-state index contributed by atoms with van der Waals surface area (Å²) in [4.78, 5) is 4.99. The number of benzene rings is 3. The molecule has 3 heterocycles. The lowest BCUT2D eigenvalue weighted by atomic mass is 9.49. The van der Waals surface area contributed by atoms with Crippen LogP contribution in [-0.4, -0.2) is 19.3 Å². The molecule has 6 rings (SSSR count). The highest BCUT2D eigenvalue weighted by Crippen LogP contribution is 2.57. The maximum atomic E-state index is 4.99. The number of para-hydroxylation sites is 1. The zero-order valence-corrected chi connectivity index (χ0v) is 25.5. The van der Waals surface area contributed by atoms with Gasteiger partial charge in [0.15, 0.2) is 0 Å². The summed E-state index contributed by atoms with van der Waals surface area (Å²) in [6.45, 7) is 18.2. The second-order valence-corrected chi connectivity index (χ2v) is 13.4. The molecule has 0 aliphatic carbocycles. The van der Waals surface area contributed by atoms with Crippen molar-refractivity contribution in [3.05, 3.63) is 120 Å². The minimum absolute atomic E-state index is 0.109. The average Bonchev–Trinajstić information content (AvgIpc) is 3.43. The third-order valence-corrected chi connectivity index (χ3v) is 8.75. The monoisotopic (exact) mass is 540 g/mol. The van der Waals surface area contributed by atoms with Gasteiger partial charge in [0.1, 0.15) is 0 Å². The van der Waals surface area contributed by atoms with Gasteiger partial charge in [0.25, 0.3) is 0 Å². The van der Waals surface area contributed by atoms with E-state index in [1.807, 2.05) is 23.9 Å². The van der Waals surface area contributed by atoms with Crippen molar-refractivity contribution in [1.82, 2.24) is 19.3 Å². The fourth-order valence-electron chi connectivity index (χ4n) is 7.63. The predicted molar refractivity (Wildman–Crippen MR) is 171 cm³/mol. The Labute approximate surface area is 243 Å². The van der Waals surface area contributed by atoms with E-state index in [0.717, 1.165) is 28.5 Å². The number of rotatable bonds is 4. The van der Waals surface area contributed by atoms with Crippen LogP contribution >= 0.6 is 0 Å². The lowest BCUT2D eigenvalue weighted by molar-refractivity contribution is 0.0865. The van der Waals surface area contributed by atoms with Crippen LogP contribution < -0.4 is 0 Å². The van der Waals surface area contributed by atoms with Crippen LogP contribution in [0, 0.1) is 24.7 Å². The summed E-state index contributed by atoms with van der Waals surface area (Å²) in [7, 11) is 0. The number of pyridine rings is 1.